The van der Waals surface area contributed by atoms with E-state index in [1.54, 1.807) is 0 Å². The zero-order valence-corrected chi connectivity index (χ0v) is 17.8. The second-order valence-electron chi connectivity index (χ2n) is 9.01. The summed E-state index contributed by atoms with van der Waals surface area (Å²) in [7, 11) is 0. The lowest BCUT2D eigenvalue weighted by molar-refractivity contribution is -0.118. The standard InChI is InChI=1S/C25H30N2O4/c28-17-21(19-8-9-19)27(15-18-6-2-1-3-7-18)16-24(29)26-20-10-11-22-23(14-20)31-25(30-22)12-4-5-13-25/h1-3,6-7,10-11,14,19,21,28H,4-5,8-9,12-13,15-17H2,(H,26,29)/t21-/m0/s1. The Balaban J connectivity index is 1.26. The van der Waals surface area contributed by atoms with Gasteiger partial charge in [0.25, 0.3) is 5.79 Å². The number of hydrogen-bond acceptors (Lipinski definition) is 5. The van der Waals surface area contributed by atoms with Crippen molar-refractivity contribution in [3.63, 3.8) is 0 Å². The molecule has 1 spiro atoms. The van der Waals surface area contributed by atoms with Crippen LogP contribution >= 0.6 is 0 Å². The van der Waals surface area contributed by atoms with Gasteiger partial charge in [-0.25, -0.2) is 0 Å². The summed E-state index contributed by atoms with van der Waals surface area (Å²) in [6, 6.07) is 15.7. The van der Waals surface area contributed by atoms with Crippen LogP contribution < -0.4 is 14.8 Å². The molecule has 31 heavy (non-hydrogen) atoms. The van der Waals surface area contributed by atoms with Gasteiger partial charge in [0.05, 0.1) is 13.2 Å². The van der Waals surface area contributed by atoms with E-state index in [0.29, 0.717) is 23.9 Å². The quantitative estimate of drug-likeness (QED) is 0.674. The summed E-state index contributed by atoms with van der Waals surface area (Å²) in [5.41, 5.74) is 1.84. The van der Waals surface area contributed by atoms with E-state index in [4.69, 9.17) is 9.47 Å². The van der Waals surface area contributed by atoms with Gasteiger partial charge < -0.3 is 19.9 Å². The van der Waals surface area contributed by atoms with Crippen molar-refractivity contribution in [2.75, 3.05) is 18.5 Å². The lowest BCUT2D eigenvalue weighted by atomic mass is 10.1. The molecule has 1 amide bonds. The van der Waals surface area contributed by atoms with E-state index in [0.717, 1.165) is 49.8 Å². The molecule has 3 aliphatic rings. The van der Waals surface area contributed by atoms with Gasteiger partial charge in [-0.2, -0.15) is 0 Å². The predicted molar refractivity (Wildman–Crippen MR) is 118 cm³/mol. The number of aliphatic hydroxyl groups excluding tert-OH is 1. The molecule has 1 heterocycles. The van der Waals surface area contributed by atoms with Gasteiger partial charge >= 0.3 is 0 Å². The third kappa shape index (κ3) is 4.55. The number of nitrogens with one attached hydrogen (secondary N) is 1. The van der Waals surface area contributed by atoms with Crippen molar-refractivity contribution in [3.05, 3.63) is 54.1 Å². The smallest absolute Gasteiger partial charge is 0.251 e. The van der Waals surface area contributed by atoms with E-state index >= 15 is 0 Å². The molecule has 2 N–H and O–H groups in total. The predicted octanol–water partition coefficient (Wildman–Crippen LogP) is 3.94. The van der Waals surface area contributed by atoms with Crippen molar-refractivity contribution in [2.24, 2.45) is 5.92 Å². The van der Waals surface area contributed by atoms with Crippen LogP contribution in [0.15, 0.2) is 48.5 Å². The second-order valence-corrected chi connectivity index (χ2v) is 9.01. The summed E-state index contributed by atoms with van der Waals surface area (Å²) in [6.07, 6.45) is 6.26. The largest absolute Gasteiger partial charge is 0.448 e. The molecule has 0 unspecified atom stereocenters. The highest BCUT2D eigenvalue weighted by Crippen LogP contribution is 2.47. The highest BCUT2D eigenvalue weighted by atomic mass is 16.7. The van der Waals surface area contributed by atoms with Crippen molar-refractivity contribution in [1.82, 2.24) is 4.90 Å². The summed E-state index contributed by atoms with van der Waals surface area (Å²) >= 11 is 0. The number of carbonyl (C=O) groups is 1. The minimum atomic E-state index is -0.504. The molecule has 6 heteroatoms. The molecular formula is C25H30N2O4. The lowest BCUT2D eigenvalue weighted by Gasteiger charge is -2.30. The van der Waals surface area contributed by atoms with Crippen molar-refractivity contribution in [2.45, 2.75) is 56.9 Å². The van der Waals surface area contributed by atoms with Gasteiger partial charge in [-0.3, -0.25) is 9.69 Å². The normalized spacial score (nSPS) is 19.7. The number of anilines is 1. The SMILES string of the molecule is O=C(CN(Cc1ccccc1)[C@@H](CO)C1CC1)Nc1ccc2c(c1)OC1(CCCC1)O2. The third-order valence-electron chi connectivity index (χ3n) is 6.58. The average molecular weight is 423 g/mol. The molecule has 164 valence electrons. The minimum Gasteiger partial charge on any atom is -0.448 e. The Hall–Kier alpha value is -2.57. The number of fused-ring (bicyclic) bond motifs is 1. The van der Waals surface area contributed by atoms with Crippen LogP contribution in [-0.2, 0) is 11.3 Å². The molecule has 6 nitrogen and oxygen atoms in total. The number of nitrogens with zero attached hydrogens (tertiary/aromatic N) is 1. The van der Waals surface area contributed by atoms with E-state index in [1.807, 2.05) is 36.4 Å². The Kier molecular flexibility index (Phi) is 5.59. The van der Waals surface area contributed by atoms with E-state index in [1.165, 1.54) is 0 Å². The number of rotatable bonds is 8. The Bertz CT molecular complexity index is 922. The summed E-state index contributed by atoms with van der Waals surface area (Å²) in [5.74, 6) is 1.32. The molecule has 0 saturated heterocycles. The molecule has 2 aromatic carbocycles. The summed E-state index contributed by atoms with van der Waals surface area (Å²) in [4.78, 5) is 15.0. The van der Waals surface area contributed by atoms with Crippen molar-refractivity contribution < 1.29 is 19.4 Å². The Morgan fingerprint density at radius 1 is 1.10 bits per heavy atom. The second kappa shape index (κ2) is 8.52. The van der Waals surface area contributed by atoms with Gasteiger partial charge in [0, 0.05) is 37.2 Å². The summed E-state index contributed by atoms with van der Waals surface area (Å²) in [6.45, 7) is 0.936. The Morgan fingerprint density at radius 2 is 1.84 bits per heavy atom. The van der Waals surface area contributed by atoms with E-state index in [9.17, 15) is 9.90 Å². The molecular weight excluding hydrogens is 392 g/mol. The van der Waals surface area contributed by atoms with Crippen LogP contribution in [0.5, 0.6) is 11.5 Å². The van der Waals surface area contributed by atoms with Gasteiger partial charge in [0.15, 0.2) is 11.5 Å². The van der Waals surface area contributed by atoms with Gasteiger partial charge in [-0.15, -0.1) is 0 Å². The Labute approximate surface area is 183 Å². The van der Waals surface area contributed by atoms with E-state index < -0.39 is 5.79 Å². The van der Waals surface area contributed by atoms with Gasteiger partial charge in [-0.1, -0.05) is 30.3 Å². The monoisotopic (exact) mass is 422 g/mol. The molecule has 1 atom stereocenters. The third-order valence-corrected chi connectivity index (χ3v) is 6.58. The fourth-order valence-corrected chi connectivity index (χ4v) is 4.83. The molecule has 2 saturated carbocycles. The highest BCUT2D eigenvalue weighted by molar-refractivity contribution is 5.92. The maximum Gasteiger partial charge on any atom is 0.251 e. The molecule has 0 radical (unpaired) electrons. The first-order chi connectivity index (χ1) is 15.1. The van der Waals surface area contributed by atoms with Crippen LogP contribution in [0, 0.1) is 5.92 Å². The van der Waals surface area contributed by atoms with E-state index in [2.05, 4.69) is 22.3 Å². The maximum absolute atomic E-state index is 12.9. The van der Waals surface area contributed by atoms with Crippen LogP contribution in [0.25, 0.3) is 0 Å². The molecule has 2 fully saturated rings. The molecule has 2 aliphatic carbocycles. The van der Waals surface area contributed by atoms with Crippen molar-refractivity contribution >= 4 is 11.6 Å². The summed E-state index contributed by atoms with van der Waals surface area (Å²) < 4.78 is 12.2. The first kappa shape index (κ1) is 20.3. The van der Waals surface area contributed by atoms with E-state index in [-0.39, 0.29) is 25.1 Å². The molecule has 0 bridgehead atoms. The first-order valence-electron chi connectivity index (χ1n) is 11.3. The lowest BCUT2D eigenvalue weighted by Crippen LogP contribution is -2.43. The van der Waals surface area contributed by atoms with Crippen molar-refractivity contribution in [3.8, 4) is 11.5 Å². The number of amides is 1. The van der Waals surface area contributed by atoms with Crippen LogP contribution in [-0.4, -0.2) is 40.9 Å². The molecule has 0 aromatic heterocycles. The zero-order chi connectivity index (χ0) is 21.3. The van der Waals surface area contributed by atoms with Crippen LogP contribution in [0.4, 0.5) is 5.69 Å². The topological polar surface area (TPSA) is 71.0 Å². The highest BCUT2D eigenvalue weighted by Gasteiger charge is 2.44. The average Bonchev–Trinajstić information content (AvgIpc) is 3.39. The fraction of sp³-hybridized carbons (Fsp3) is 0.480. The van der Waals surface area contributed by atoms with Gasteiger partial charge in [0.1, 0.15) is 0 Å². The fourth-order valence-electron chi connectivity index (χ4n) is 4.83. The van der Waals surface area contributed by atoms with Crippen LogP contribution in [0.2, 0.25) is 0 Å². The molecule has 1 aliphatic heterocycles. The maximum atomic E-state index is 12.9. The zero-order valence-electron chi connectivity index (χ0n) is 17.8. The summed E-state index contributed by atoms with van der Waals surface area (Å²) in [5, 5.41) is 13.0. The molecule has 5 rings (SSSR count). The first-order valence-corrected chi connectivity index (χ1v) is 11.3. The van der Waals surface area contributed by atoms with Gasteiger partial charge in [-0.05, 0) is 49.3 Å². The van der Waals surface area contributed by atoms with Gasteiger partial charge in [0.2, 0.25) is 5.91 Å². The minimum absolute atomic E-state index is 0.00457. The van der Waals surface area contributed by atoms with Crippen LogP contribution in [0.1, 0.15) is 44.1 Å². The molecule has 2 aromatic rings. The number of benzene rings is 2. The number of aliphatic hydroxyl groups is 1. The number of hydrogen-bond donors (Lipinski definition) is 2. The Morgan fingerprint density at radius 3 is 2.55 bits per heavy atom. The number of ether oxygens (including phenoxy) is 2. The van der Waals surface area contributed by atoms with Crippen molar-refractivity contribution in [1.29, 1.82) is 0 Å². The number of carbonyl (C=O) groups excluding carboxylic acids is 1. The van der Waals surface area contributed by atoms with Crippen LogP contribution in [0.3, 0.4) is 0 Å².